The zero-order chi connectivity index (χ0) is 24.5. The van der Waals surface area contributed by atoms with Gasteiger partial charge in [-0.25, -0.2) is 4.79 Å². The molecule has 0 aromatic carbocycles. The van der Waals surface area contributed by atoms with Gasteiger partial charge in [-0.3, -0.25) is 0 Å². The molecule has 6 nitrogen and oxygen atoms in total. The van der Waals surface area contributed by atoms with Gasteiger partial charge in [0.05, 0.1) is 6.61 Å². The first kappa shape index (κ1) is 30.0. The molecular formula is C22H44O6Si3. The minimum absolute atomic E-state index is 0.147. The van der Waals surface area contributed by atoms with Gasteiger partial charge in [0.15, 0.2) is 22.7 Å². The molecule has 9 heteroatoms. The summed E-state index contributed by atoms with van der Waals surface area (Å²) >= 11 is 0. The minimum Gasteiger partial charge on any atom is -0.490 e. The Morgan fingerprint density at radius 3 is 1.77 bits per heavy atom. The molecule has 0 aromatic heterocycles. The van der Waals surface area contributed by atoms with Gasteiger partial charge in [-0.05, 0) is 77.7 Å². The number of rotatable bonds is 16. The van der Waals surface area contributed by atoms with Crippen LogP contribution in [0.3, 0.4) is 0 Å². The Morgan fingerprint density at radius 2 is 1.35 bits per heavy atom. The van der Waals surface area contributed by atoms with Gasteiger partial charge >= 0.3 is 14.5 Å². The topological polar surface area (TPSA) is 63.2 Å². The molecule has 0 radical (unpaired) electrons. The van der Waals surface area contributed by atoms with Crippen molar-refractivity contribution in [3.63, 3.8) is 0 Å². The zero-order valence-corrected chi connectivity index (χ0v) is 24.2. The molecule has 31 heavy (non-hydrogen) atoms. The zero-order valence-electron chi connectivity index (χ0n) is 21.2. The minimum atomic E-state index is -2.28. The van der Waals surface area contributed by atoms with Crippen LogP contribution in [0.25, 0.3) is 0 Å². The third-order valence-electron chi connectivity index (χ3n) is 3.81. The Balaban J connectivity index is 4.78. The molecule has 0 saturated carbocycles. The Labute approximate surface area is 193 Å². The molecule has 0 aliphatic heterocycles. The van der Waals surface area contributed by atoms with Gasteiger partial charge in [-0.15, -0.1) is 0 Å². The Hall–Kier alpha value is -0.979. The molecule has 0 bridgehead atoms. The first-order valence-electron chi connectivity index (χ1n) is 10.8. The van der Waals surface area contributed by atoms with Crippen LogP contribution in [0.5, 0.6) is 0 Å². The highest BCUT2D eigenvalue weighted by molar-refractivity contribution is 6.87. The summed E-state index contributed by atoms with van der Waals surface area (Å²) < 4.78 is 29.8. The highest BCUT2D eigenvalue weighted by Crippen LogP contribution is 2.25. The van der Waals surface area contributed by atoms with Crippen LogP contribution in [0.4, 0.5) is 0 Å². The van der Waals surface area contributed by atoms with Crippen molar-refractivity contribution >= 4 is 31.2 Å². The van der Waals surface area contributed by atoms with Crippen LogP contribution >= 0.6 is 0 Å². The summed E-state index contributed by atoms with van der Waals surface area (Å²) in [5.41, 5.74) is 1.05. The third kappa shape index (κ3) is 15.5. The van der Waals surface area contributed by atoms with Gasteiger partial charge in [0, 0.05) is 12.2 Å². The van der Waals surface area contributed by atoms with Gasteiger partial charge in [0.25, 0.3) is 0 Å². The molecule has 180 valence electrons. The van der Waals surface area contributed by atoms with E-state index in [2.05, 4.69) is 65.6 Å². The van der Waals surface area contributed by atoms with Crippen molar-refractivity contribution in [1.82, 2.24) is 0 Å². The smallest absolute Gasteiger partial charge is 0.333 e. The van der Waals surface area contributed by atoms with E-state index in [0.717, 1.165) is 18.0 Å². The summed E-state index contributed by atoms with van der Waals surface area (Å²) in [6.45, 7) is 30.9. The number of esters is 1. The number of carbonyl (C=O) groups excluding carboxylic acids is 1. The maximum absolute atomic E-state index is 11.9. The molecule has 0 fully saturated rings. The number of allylic oxidation sites excluding steroid dienone is 1. The van der Waals surface area contributed by atoms with Gasteiger partial charge in [-0.2, -0.15) is 0 Å². The van der Waals surface area contributed by atoms with Gasteiger partial charge in [-0.1, -0.05) is 19.7 Å². The van der Waals surface area contributed by atoms with E-state index < -0.39 is 37.3 Å². The molecule has 0 aliphatic carbocycles. The molecule has 0 amide bonds. The Morgan fingerprint density at radius 1 is 0.839 bits per heavy atom. The Bertz CT molecular complexity index is 618. The lowest BCUT2D eigenvalue weighted by atomic mass is 10.3. The normalized spacial score (nSPS) is 13.5. The van der Waals surface area contributed by atoms with Crippen molar-refractivity contribution < 1.29 is 27.2 Å². The number of ether oxygens (including phenoxy) is 3. The van der Waals surface area contributed by atoms with Crippen LogP contribution in [0.1, 0.15) is 20.3 Å². The second-order valence-corrected chi connectivity index (χ2v) is 22.9. The summed E-state index contributed by atoms with van der Waals surface area (Å²) in [6.07, 6.45) is 0.262. The van der Waals surface area contributed by atoms with E-state index in [0.29, 0.717) is 17.9 Å². The SMILES string of the molecule is C=C(C)C(=C)OCC(COCCC[Si](C)(O[Si](C)(C)C)O[Si](C)(C)C)OC(=O)C(=C)C. The predicted octanol–water partition coefficient (Wildman–Crippen LogP) is 5.76. The standard InChI is InChI=1S/C22H44O6Si3/c1-18(2)20(5)25-17-21(26-22(23)19(3)4)16-24-14-13-15-31(12,27-29(6,7)8)28-30(9,10)11/h21H,1,3,5,13-17H2,2,4,6-12H3. The van der Waals surface area contributed by atoms with Crippen LogP contribution in [-0.4, -0.2) is 57.1 Å². The lowest BCUT2D eigenvalue weighted by molar-refractivity contribution is -0.150. The van der Waals surface area contributed by atoms with E-state index in [9.17, 15) is 4.79 Å². The summed E-state index contributed by atoms with van der Waals surface area (Å²) in [4.78, 5) is 11.9. The average molecular weight is 489 g/mol. The van der Waals surface area contributed by atoms with Gasteiger partial charge in [0.1, 0.15) is 12.4 Å². The first-order chi connectivity index (χ1) is 13.9. The van der Waals surface area contributed by atoms with Crippen LogP contribution in [0.2, 0.25) is 51.9 Å². The second-order valence-electron chi connectivity index (χ2n) is 10.1. The molecule has 1 atom stereocenters. The van der Waals surface area contributed by atoms with Crippen molar-refractivity contribution in [1.29, 1.82) is 0 Å². The van der Waals surface area contributed by atoms with Crippen LogP contribution in [0, 0.1) is 0 Å². The maximum atomic E-state index is 11.9. The molecule has 0 aliphatic rings. The van der Waals surface area contributed by atoms with Crippen LogP contribution < -0.4 is 0 Å². The van der Waals surface area contributed by atoms with Crippen LogP contribution in [-0.2, 0) is 27.2 Å². The fourth-order valence-corrected chi connectivity index (χ4v) is 15.3. The molecule has 0 rings (SSSR count). The third-order valence-corrected chi connectivity index (χ3v) is 13.4. The molecule has 0 spiro atoms. The fourth-order valence-electron chi connectivity index (χ4n) is 2.81. The lowest BCUT2D eigenvalue weighted by Crippen LogP contribution is -2.52. The molecule has 1 unspecified atom stereocenters. The highest BCUT2D eigenvalue weighted by Gasteiger charge is 2.39. The Kier molecular flexibility index (Phi) is 12.5. The fraction of sp³-hybridized carbons (Fsp3) is 0.682. The first-order valence-corrected chi connectivity index (χ1v) is 20.1. The van der Waals surface area contributed by atoms with E-state index in [-0.39, 0.29) is 13.2 Å². The summed E-state index contributed by atoms with van der Waals surface area (Å²) in [7, 11) is -5.72. The van der Waals surface area contributed by atoms with Crippen molar-refractivity contribution in [3.05, 3.63) is 36.6 Å². The molecule has 0 N–H and O–H groups in total. The number of carbonyl (C=O) groups is 1. The van der Waals surface area contributed by atoms with E-state index in [1.807, 2.05) is 0 Å². The van der Waals surface area contributed by atoms with Crippen molar-refractivity contribution in [2.75, 3.05) is 19.8 Å². The second kappa shape index (κ2) is 12.9. The summed E-state index contributed by atoms with van der Waals surface area (Å²) in [5.74, 6) is -0.00433. The van der Waals surface area contributed by atoms with E-state index >= 15 is 0 Å². The average Bonchev–Trinajstić information content (AvgIpc) is 2.54. The molecule has 0 saturated heterocycles. The number of hydrogen-bond acceptors (Lipinski definition) is 6. The predicted molar refractivity (Wildman–Crippen MR) is 135 cm³/mol. The number of hydrogen-bond donors (Lipinski definition) is 0. The van der Waals surface area contributed by atoms with E-state index in [4.69, 9.17) is 22.4 Å². The van der Waals surface area contributed by atoms with Crippen molar-refractivity contribution in [2.45, 2.75) is 78.2 Å². The van der Waals surface area contributed by atoms with Crippen LogP contribution in [0.15, 0.2) is 36.6 Å². The van der Waals surface area contributed by atoms with E-state index in [1.54, 1.807) is 13.8 Å². The summed E-state index contributed by atoms with van der Waals surface area (Å²) in [5, 5.41) is 0. The van der Waals surface area contributed by atoms with Gasteiger partial charge in [0.2, 0.25) is 0 Å². The monoisotopic (exact) mass is 488 g/mol. The van der Waals surface area contributed by atoms with Crippen molar-refractivity contribution in [3.8, 4) is 0 Å². The van der Waals surface area contributed by atoms with Gasteiger partial charge < -0.3 is 22.4 Å². The lowest BCUT2D eigenvalue weighted by Gasteiger charge is -2.38. The summed E-state index contributed by atoms with van der Waals surface area (Å²) in [6, 6.07) is 0.862. The van der Waals surface area contributed by atoms with Crippen molar-refractivity contribution in [2.24, 2.45) is 0 Å². The molecule has 0 heterocycles. The largest absolute Gasteiger partial charge is 0.490 e. The van der Waals surface area contributed by atoms with E-state index in [1.165, 1.54) is 0 Å². The highest BCUT2D eigenvalue weighted by atomic mass is 28.5. The molecule has 0 aromatic rings. The molecular weight excluding hydrogens is 444 g/mol. The quantitative estimate of drug-likeness (QED) is 0.0687. The maximum Gasteiger partial charge on any atom is 0.333 e.